The van der Waals surface area contributed by atoms with Crippen molar-refractivity contribution in [3.05, 3.63) is 103 Å². The van der Waals surface area contributed by atoms with E-state index < -0.39 is 0 Å². The van der Waals surface area contributed by atoms with E-state index in [1.54, 1.807) is 42.6 Å². The molecule has 0 aliphatic carbocycles. The molecule has 0 aliphatic rings. The SMILES string of the molecule is Cc1ccc(NC(=O)CSc2ccccc2C(=O)Nc2cccc(Oc3cnccn3)c2)cc1. The minimum atomic E-state index is -0.279. The number of nitrogens with one attached hydrogen (secondary N) is 2. The zero-order chi connectivity index (χ0) is 23.8. The van der Waals surface area contributed by atoms with Gasteiger partial charge >= 0.3 is 0 Å². The predicted octanol–water partition coefficient (Wildman–Crippen LogP) is 5.56. The molecule has 0 unspecified atom stereocenters. The lowest BCUT2D eigenvalue weighted by Gasteiger charge is -2.11. The van der Waals surface area contributed by atoms with Crippen LogP contribution in [0.15, 0.2) is 96.3 Å². The second-order valence-electron chi connectivity index (χ2n) is 7.33. The van der Waals surface area contributed by atoms with Crippen molar-refractivity contribution in [2.45, 2.75) is 11.8 Å². The third-order valence-corrected chi connectivity index (χ3v) is 5.75. The average Bonchev–Trinajstić information content (AvgIpc) is 2.85. The van der Waals surface area contributed by atoms with E-state index in [1.807, 2.05) is 43.3 Å². The van der Waals surface area contributed by atoms with Crippen LogP contribution in [0.4, 0.5) is 11.4 Å². The molecule has 2 amide bonds. The molecule has 1 heterocycles. The molecule has 0 saturated heterocycles. The van der Waals surface area contributed by atoms with Gasteiger partial charge in [0.2, 0.25) is 11.8 Å². The molecule has 4 rings (SSSR count). The summed E-state index contributed by atoms with van der Waals surface area (Å²) in [5.41, 5.74) is 2.92. The lowest BCUT2D eigenvalue weighted by molar-refractivity contribution is -0.113. The first-order chi connectivity index (χ1) is 16.6. The van der Waals surface area contributed by atoms with Crippen molar-refractivity contribution >= 4 is 35.0 Å². The highest BCUT2D eigenvalue weighted by molar-refractivity contribution is 8.00. The van der Waals surface area contributed by atoms with Crippen LogP contribution in [0.2, 0.25) is 0 Å². The van der Waals surface area contributed by atoms with Gasteiger partial charge in [-0.2, -0.15) is 0 Å². The summed E-state index contributed by atoms with van der Waals surface area (Å²) in [6.45, 7) is 1.99. The fourth-order valence-electron chi connectivity index (χ4n) is 3.05. The fourth-order valence-corrected chi connectivity index (χ4v) is 3.90. The molecule has 2 N–H and O–H groups in total. The zero-order valence-electron chi connectivity index (χ0n) is 18.4. The number of hydrogen-bond donors (Lipinski definition) is 2. The van der Waals surface area contributed by atoms with Crippen molar-refractivity contribution in [3.63, 3.8) is 0 Å². The Morgan fingerprint density at radius 3 is 2.53 bits per heavy atom. The molecule has 1 aromatic heterocycles. The molecule has 4 aromatic rings. The van der Waals surface area contributed by atoms with Crippen LogP contribution in [0.1, 0.15) is 15.9 Å². The zero-order valence-corrected chi connectivity index (χ0v) is 19.2. The molecule has 7 nitrogen and oxygen atoms in total. The lowest BCUT2D eigenvalue weighted by atomic mass is 10.2. The molecule has 0 saturated carbocycles. The topological polar surface area (TPSA) is 93.2 Å². The van der Waals surface area contributed by atoms with Crippen LogP contribution in [0.5, 0.6) is 11.6 Å². The number of ether oxygens (including phenoxy) is 1. The second-order valence-corrected chi connectivity index (χ2v) is 8.34. The Hall–Kier alpha value is -4.17. The molecule has 0 bridgehead atoms. The average molecular weight is 471 g/mol. The van der Waals surface area contributed by atoms with Gasteiger partial charge in [0.15, 0.2) is 0 Å². The van der Waals surface area contributed by atoms with E-state index in [-0.39, 0.29) is 17.6 Å². The van der Waals surface area contributed by atoms with Gasteiger partial charge in [-0.25, -0.2) is 4.98 Å². The molecule has 0 spiro atoms. The summed E-state index contributed by atoms with van der Waals surface area (Å²) in [4.78, 5) is 34.1. The van der Waals surface area contributed by atoms with Gasteiger partial charge in [-0.1, -0.05) is 35.9 Å². The summed E-state index contributed by atoms with van der Waals surface area (Å²) in [7, 11) is 0. The Balaban J connectivity index is 1.39. The van der Waals surface area contributed by atoms with Gasteiger partial charge in [0.05, 0.1) is 17.5 Å². The second kappa shape index (κ2) is 11.1. The highest BCUT2D eigenvalue weighted by Crippen LogP contribution is 2.26. The van der Waals surface area contributed by atoms with Crippen molar-refractivity contribution in [3.8, 4) is 11.6 Å². The minimum Gasteiger partial charge on any atom is -0.437 e. The molecular weight excluding hydrogens is 448 g/mol. The van der Waals surface area contributed by atoms with Gasteiger partial charge in [-0.05, 0) is 43.3 Å². The van der Waals surface area contributed by atoms with Crippen molar-refractivity contribution in [2.75, 3.05) is 16.4 Å². The van der Waals surface area contributed by atoms with Crippen LogP contribution in [-0.2, 0) is 4.79 Å². The van der Waals surface area contributed by atoms with Gasteiger partial charge in [0.25, 0.3) is 5.91 Å². The van der Waals surface area contributed by atoms with Crippen molar-refractivity contribution in [1.29, 1.82) is 0 Å². The maximum atomic E-state index is 13.0. The monoisotopic (exact) mass is 470 g/mol. The normalized spacial score (nSPS) is 10.4. The maximum Gasteiger partial charge on any atom is 0.256 e. The summed E-state index contributed by atoms with van der Waals surface area (Å²) >= 11 is 1.31. The van der Waals surface area contributed by atoms with Gasteiger partial charge in [0, 0.05) is 34.7 Å². The van der Waals surface area contributed by atoms with E-state index in [9.17, 15) is 9.59 Å². The standard InChI is InChI=1S/C26H22N4O3S/c1-18-9-11-19(12-10-18)29-24(31)17-34-23-8-3-2-7-22(23)26(32)30-20-5-4-6-21(15-20)33-25-16-27-13-14-28-25/h2-16H,17H2,1H3,(H,29,31)(H,30,32). The van der Waals surface area contributed by atoms with Crippen molar-refractivity contribution in [1.82, 2.24) is 9.97 Å². The summed E-state index contributed by atoms with van der Waals surface area (Å²) in [5, 5.41) is 5.76. The van der Waals surface area contributed by atoms with E-state index >= 15 is 0 Å². The molecular formula is C26H22N4O3S. The molecule has 3 aromatic carbocycles. The Bertz CT molecular complexity index is 1280. The number of carbonyl (C=O) groups excluding carboxylic acids is 2. The number of nitrogens with zero attached hydrogens (tertiary/aromatic N) is 2. The lowest BCUT2D eigenvalue weighted by Crippen LogP contribution is -2.16. The van der Waals surface area contributed by atoms with Gasteiger partial charge in [0.1, 0.15) is 5.75 Å². The molecule has 34 heavy (non-hydrogen) atoms. The van der Waals surface area contributed by atoms with Crippen LogP contribution < -0.4 is 15.4 Å². The Labute approximate surface area is 201 Å². The highest BCUT2D eigenvalue weighted by atomic mass is 32.2. The number of rotatable bonds is 8. The summed E-state index contributed by atoms with van der Waals surface area (Å²) in [6, 6.07) is 21.8. The van der Waals surface area contributed by atoms with Crippen LogP contribution in [0, 0.1) is 6.92 Å². The molecule has 0 fully saturated rings. The largest absolute Gasteiger partial charge is 0.437 e. The number of aromatic nitrogens is 2. The smallest absolute Gasteiger partial charge is 0.256 e. The third-order valence-electron chi connectivity index (χ3n) is 4.68. The molecule has 0 radical (unpaired) electrons. The van der Waals surface area contributed by atoms with E-state index in [0.717, 1.165) is 11.3 Å². The number of anilines is 2. The highest BCUT2D eigenvalue weighted by Gasteiger charge is 2.14. The van der Waals surface area contributed by atoms with Crippen LogP contribution >= 0.6 is 11.8 Å². The third kappa shape index (κ3) is 6.43. The van der Waals surface area contributed by atoms with Crippen molar-refractivity contribution < 1.29 is 14.3 Å². The minimum absolute atomic E-state index is 0.141. The van der Waals surface area contributed by atoms with Crippen LogP contribution in [0.3, 0.4) is 0 Å². The Morgan fingerprint density at radius 2 is 1.74 bits per heavy atom. The van der Waals surface area contributed by atoms with Gasteiger partial charge < -0.3 is 15.4 Å². The fraction of sp³-hybridized carbons (Fsp3) is 0.0769. The van der Waals surface area contributed by atoms with Crippen molar-refractivity contribution in [2.24, 2.45) is 0 Å². The summed E-state index contributed by atoms with van der Waals surface area (Å²) in [6.07, 6.45) is 4.61. The number of aryl methyl sites for hydroxylation is 1. The van der Waals surface area contributed by atoms with Gasteiger partial charge in [-0.15, -0.1) is 11.8 Å². The summed E-state index contributed by atoms with van der Waals surface area (Å²) < 4.78 is 5.68. The van der Waals surface area contributed by atoms with Crippen LogP contribution in [-0.4, -0.2) is 27.5 Å². The van der Waals surface area contributed by atoms with E-state index in [1.165, 1.54) is 24.2 Å². The van der Waals surface area contributed by atoms with Crippen LogP contribution in [0.25, 0.3) is 0 Å². The number of amides is 2. The first-order valence-corrected chi connectivity index (χ1v) is 11.5. The Kier molecular flexibility index (Phi) is 7.52. The number of benzene rings is 3. The van der Waals surface area contributed by atoms with E-state index in [4.69, 9.17) is 4.74 Å². The Morgan fingerprint density at radius 1 is 0.912 bits per heavy atom. The molecule has 0 atom stereocenters. The quantitative estimate of drug-likeness (QED) is 0.328. The van der Waals surface area contributed by atoms with Gasteiger partial charge in [-0.3, -0.25) is 14.6 Å². The predicted molar refractivity (Wildman–Crippen MR) is 133 cm³/mol. The van der Waals surface area contributed by atoms with E-state index in [2.05, 4.69) is 20.6 Å². The molecule has 8 heteroatoms. The number of hydrogen-bond acceptors (Lipinski definition) is 6. The number of thioether (sulfide) groups is 1. The maximum absolute atomic E-state index is 13.0. The summed E-state index contributed by atoms with van der Waals surface area (Å²) in [5.74, 6) is 0.640. The molecule has 170 valence electrons. The van der Waals surface area contributed by atoms with E-state index in [0.29, 0.717) is 27.8 Å². The molecule has 0 aliphatic heterocycles. The number of carbonyl (C=O) groups is 2. The first kappa shape index (κ1) is 23.0. The first-order valence-electron chi connectivity index (χ1n) is 10.5.